The van der Waals surface area contributed by atoms with Crippen LogP contribution < -0.4 is 20.8 Å². The van der Waals surface area contributed by atoms with E-state index in [1.807, 2.05) is 4.98 Å². The Morgan fingerprint density at radius 3 is 2.38 bits per heavy atom. The number of anilines is 1. The van der Waals surface area contributed by atoms with Crippen molar-refractivity contribution in [3.8, 4) is 22.6 Å². The molecular weight excluding hydrogens is 447 g/mol. The molecular formula is C21H16ClFN2O7. The zero-order valence-corrected chi connectivity index (χ0v) is 17.2. The molecule has 0 radical (unpaired) electrons. The molecule has 1 heterocycles. The van der Waals surface area contributed by atoms with Crippen LogP contribution in [0.15, 0.2) is 41.2 Å². The van der Waals surface area contributed by atoms with Crippen LogP contribution in [0.4, 0.5) is 10.2 Å². The van der Waals surface area contributed by atoms with E-state index < -0.39 is 40.3 Å². The third-order valence-corrected chi connectivity index (χ3v) is 4.87. The van der Waals surface area contributed by atoms with Crippen LogP contribution in [0.3, 0.4) is 0 Å². The molecule has 5 N–H and O–H groups in total. The maximum atomic E-state index is 13.2. The third-order valence-electron chi connectivity index (χ3n) is 4.52. The molecule has 0 fully saturated rings. The molecule has 0 spiro atoms. The highest BCUT2D eigenvalue weighted by Gasteiger charge is 2.27. The monoisotopic (exact) mass is 462 g/mol. The standard InChI is InChI=1S/C21H16ClFN2O7/c1-31-14-6-9(3-5-13(14)32-8-10-2-4-11(23)7-12(10)22)15-16(20(27)28)18(24)25-19(26)17(15)21(29)30/h2-7H,8H2,1H3,(H,27,28)(H,29,30)(H3,24,25,26). The number of aromatic amines is 1. The molecule has 2 aromatic carbocycles. The van der Waals surface area contributed by atoms with E-state index in [9.17, 15) is 29.0 Å². The van der Waals surface area contributed by atoms with Crippen LogP contribution in [0, 0.1) is 5.82 Å². The molecule has 1 aromatic heterocycles. The minimum atomic E-state index is -1.63. The SMILES string of the molecule is COc1cc(-c2c(C(=O)O)c(N)[nH]c(=O)c2C(=O)O)ccc1OCc1ccc(F)cc1Cl. The molecule has 0 aliphatic rings. The van der Waals surface area contributed by atoms with Crippen molar-refractivity contribution in [2.45, 2.75) is 6.61 Å². The number of pyridine rings is 1. The molecule has 166 valence electrons. The number of halogens is 2. The zero-order valence-electron chi connectivity index (χ0n) is 16.4. The van der Waals surface area contributed by atoms with Crippen LogP contribution in [0.5, 0.6) is 11.5 Å². The molecule has 11 heteroatoms. The molecule has 3 aromatic rings. The Morgan fingerprint density at radius 2 is 1.78 bits per heavy atom. The van der Waals surface area contributed by atoms with Gasteiger partial charge in [-0.05, 0) is 29.8 Å². The lowest BCUT2D eigenvalue weighted by Gasteiger charge is -2.15. The Labute approximate surface area is 184 Å². The van der Waals surface area contributed by atoms with Crippen molar-refractivity contribution >= 4 is 29.4 Å². The molecule has 0 bridgehead atoms. The number of hydrogen-bond donors (Lipinski definition) is 4. The Balaban J connectivity index is 2.09. The molecule has 0 unspecified atom stereocenters. The van der Waals surface area contributed by atoms with Gasteiger partial charge in [0.2, 0.25) is 0 Å². The van der Waals surface area contributed by atoms with Gasteiger partial charge in [-0.3, -0.25) is 4.79 Å². The van der Waals surface area contributed by atoms with E-state index in [0.717, 1.165) is 6.07 Å². The number of carboxylic acids is 2. The summed E-state index contributed by atoms with van der Waals surface area (Å²) in [6, 6.07) is 7.89. The van der Waals surface area contributed by atoms with Gasteiger partial charge in [0, 0.05) is 11.1 Å². The summed E-state index contributed by atoms with van der Waals surface area (Å²) in [7, 11) is 1.32. The lowest BCUT2D eigenvalue weighted by molar-refractivity contribution is 0.0695. The highest BCUT2D eigenvalue weighted by Crippen LogP contribution is 2.36. The molecule has 0 atom stereocenters. The van der Waals surface area contributed by atoms with Gasteiger partial charge in [0.05, 0.1) is 12.1 Å². The Morgan fingerprint density at radius 1 is 1.09 bits per heavy atom. The van der Waals surface area contributed by atoms with Crippen molar-refractivity contribution in [3.05, 3.63) is 74.3 Å². The fraction of sp³-hybridized carbons (Fsp3) is 0.0952. The normalized spacial score (nSPS) is 10.6. The lowest BCUT2D eigenvalue weighted by atomic mass is 9.95. The number of nitrogens with two attached hydrogens (primary N) is 1. The second-order valence-electron chi connectivity index (χ2n) is 6.49. The van der Waals surface area contributed by atoms with Gasteiger partial charge in [0.15, 0.2) is 11.5 Å². The fourth-order valence-electron chi connectivity index (χ4n) is 3.07. The maximum Gasteiger partial charge on any atom is 0.342 e. The van der Waals surface area contributed by atoms with Crippen molar-refractivity contribution in [2.75, 3.05) is 12.8 Å². The minimum absolute atomic E-state index is 0.0342. The molecule has 0 saturated heterocycles. The molecule has 32 heavy (non-hydrogen) atoms. The number of carbonyl (C=O) groups is 2. The molecule has 0 amide bonds. The largest absolute Gasteiger partial charge is 0.493 e. The van der Waals surface area contributed by atoms with Gasteiger partial charge in [-0.1, -0.05) is 23.7 Å². The number of aromatic nitrogens is 1. The van der Waals surface area contributed by atoms with E-state index in [4.69, 9.17) is 26.8 Å². The summed E-state index contributed by atoms with van der Waals surface area (Å²) in [5, 5.41) is 19.2. The number of rotatable bonds is 7. The van der Waals surface area contributed by atoms with E-state index >= 15 is 0 Å². The molecule has 3 rings (SSSR count). The van der Waals surface area contributed by atoms with Crippen molar-refractivity contribution < 1.29 is 33.7 Å². The number of carboxylic acid groups (broad SMARTS) is 2. The van der Waals surface area contributed by atoms with Crippen LogP contribution in [-0.4, -0.2) is 34.2 Å². The van der Waals surface area contributed by atoms with E-state index in [1.165, 1.54) is 37.4 Å². The topological polar surface area (TPSA) is 152 Å². The van der Waals surface area contributed by atoms with E-state index in [-0.39, 0.29) is 34.3 Å². The molecule has 9 nitrogen and oxygen atoms in total. The Kier molecular flexibility index (Phi) is 6.35. The summed E-state index contributed by atoms with van der Waals surface area (Å²) in [6.45, 7) is -0.0342. The van der Waals surface area contributed by atoms with E-state index in [0.29, 0.717) is 5.56 Å². The van der Waals surface area contributed by atoms with Gasteiger partial charge >= 0.3 is 11.9 Å². The quantitative estimate of drug-likeness (QED) is 0.417. The number of H-pyrrole nitrogens is 1. The van der Waals surface area contributed by atoms with Crippen molar-refractivity contribution in [3.63, 3.8) is 0 Å². The average molecular weight is 463 g/mol. The summed E-state index contributed by atoms with van der Waals surface area (Å²) < 4.78 is 24.2. The van der Waals surface area contributed by atoms with Crippen LogP contribution >= 0.6 is 11.6 Å². The van der Waals surface area contributed by atoms with Gasteiger partial charge in [-0.15, -0.1) is 0 Å². The second kappa shape index (κ2) is 8.98. The number of aromatic carboxylic acids is 2. The highest BCUT2D eigenvalue weighted by atomic mass is 35.5. The van der Waals surface area contributed by atoms with Crippen LogP contribution in [-0.2, 0) is 6.61 Å². The molecule has 0 aliphatic carbocycles. The maximum absolute atomic E-state index is 13.2. The minimum Gasteiger partial charge on any atom is -0.493 e. The van der Waals surface area contributed by atoms with Crippen LogP contribution in [0.1, 0.15) is 26.3 Å². The first kappa shape index (κ1) is 22.6. The fourth-order valence-corrected chi connectivity index (χ4v) is 3.29. The van der Waals surface area contributed by atoms with Crippen LogP contribution in [0.25, 0.3) is 11.1 Å². The summed E-state index contributed by atoms with van der Waals surface area (Å²) in [5.41, 5.74) is 3.41. The molecule has 0 saturated carbocycles. The summed E-state index contributed by atoms with van der Waals surface area (Å²) >= 11 is 5.99. The van der Waals surface area contributed by atoms with Gasteiger partial charge < -0.3 is 30.4 Å². The smallest absolute Gasteiger partial charge is 0.342 e. The highest BCUT2D eigenvalue weighted by molar-refractivity contribution is 6.31. The first-order valence-electron chi connectivity index (χ1n) is 8.91. The predicted molar refractivity (Wildman–Crippen MR) is 113 cm³/mol. The first-order valence-corrected chi connectivity index (χ1v) is 9.29. The number of nitrogens with one attached hydrogen (secondary N) is 1. The number of methoxy groups -OCH3 is 1. The summed E-state index contributed by atoms with van der Waals surface area (Å²) in [5.74, 6) is -3.82. The average Bonchev–Trinajstić information content (AvgIpc) is 2.71. The third kappa shape index (κ3) is 4.35. The first-order chi connectivity index (χ1) is 15.1. The van der Waals surface area contributed by atoms with Gasteiger partial charge in [-0.2, -0.15) is 0 Å². The van der Waals surface area contributed by atoms with Crippen molar-refractivity contribution in [1.82, 2.24) is 4.98 Å². The van der Waals surface area contributed by atoms with Gasteiger partial charge in [-0.25, -0.2) is 14.0 Å². The summed E-state index contributed by atoms with van der Waals surface area (Å²) in [4.78, 5) is 37.7. The van der Waals surface area contributed by atoms with E-state index in [2.05, 4.69) is 0 Å². The number of benzene rings is 2. The number of ether oxygens (including phenoxy) is 2. The van der Waals surface area contributed by atoms with Crippen molar-refractivity contribution in [1.29, 1.82) is 0 Å². The van der Waals surface area contributed by atoms with Crippen molar-refractivity contribution in [2.24, 2.45) is 0 Å². The number of nitrogen functional groups attached to an aromatic ring is 1. The second-order valence-corrected chi connectivity index (χ2v) is 6.90. The van der Waals surface area contributed by atoms with Gasteiger partial charge in [0.25, 0.3) is 5.56 Å². The summed E-state index contributed by atoms with van der Waals surface area (Å²) in [6.07, 6.45) is 0. The zero-order chi connectivity index (χ0) is 23.6. The van der Waals surface area contributed by atoms with E-state index in [1.54, 1.807) is 0 Å². The lowest BCUT2D eigenvalue weighted by Crippen LogP contribution is -2.24. The van der Waals surface area contributed by atoms with Crippen LogP contribution in [0.2, 0.25) is 5.02 Å². The Bertz CT molecular complexity index is 1290. The Hall–Kier alpha value is -4.05. The number of hydrogen-bond acceptors (Lipinski definition) is 6. The predicted octanol–water partition coefficient (Wildman–Crippen LogP) is 3.40. The molecule has 0 aliphatic heterocycles. The van der Waals surface area contributed by atoms with Gasteiger partial charge in [0.1, 0.15) is 29.4 Å².